The van der Waals surface area contributed by atoms with Crippen LogP contribution in [0.25, 0.3) is 0 Å². The highest BCUT2D eigenvalue weighted by atomic mass is 32.1. The SMILES string of the molecule is CCNc1nc(C(C)C)nc(NCc2cnc(C)s2)c1C. The lowest BCUT2D eigenvalue weighted by atomic mass is 10.2. The van der Waals surface area contributed by atoms with E-state index in [0.717, 1.165) is 41.1 Å². The molecule has 0 bridgehead atoms. The Morgan fingerprint density at radius 1 is 1.14 bits per heavy atom. The van der Waals surface area contributed by atoms with Crippen molar-refractivity contribution in [2.45, 2.75) is 47.1 Å². The number of rotatable bonds is 6. The van der Waals surface area contributed by atoms with E-state index in [4.69, 9.17) is 0 Å². The summed E-state index contributed by atoms with van der Waals surface area (Å²) in [5.41, 5.74) is 1.06. The van der Waals surface area contributed by atoms with Crippen molar-refractivity contribution in [3.63, 3.8) is 0 Å². The zero-order valence-corrected chi connectivity index (χ0v) is 14.1. The second-order valence-corrected chi connectivity index (χ2v) is 6.61. The average Bonchev–Trinajstić information content (AvgIpc) is 2.85. The van der Waals surface area contributed by atoms with Crippen LogP contribution in [0.1, 0.15) is 48.0 Å². The lowest BCUT2D eigenvalue weighted by molar-refractivity contribution is 0.772. The molecule has 0 saturated carbocycles. The molecular weight excluding hydrogens is 282 g/mol. The third-order valence-corrected chi connectivity index (χ3v) is 4.04. The van der Waals surface area contributed by atoms with Crippen LogP contribution in [0.15, 0.2) is 6.20 Å². The van der Waals surface area contributed by atoms with Gasteiger partial charge in [0.05, 0.1) is 11.6 Å². The summed E-state index contributed by atoms with van der Waals surface area (Å²) in [4.78, 5) is 14.8. The Kier molecular flexibility index (Phi) is 5.12. The van der Waals surface area contributed by atoms with Crippen LogP contribution in [-0.2, 0) is 6.54 Å². The van der Waals surface area contributed by atoms with Crippen LogP contribution < -0.4 is 10.6 Å². The van der Waals surface area contributed by atoms with E-state index in [9.17, 15) is 0 Å². The number of nitrogens with zero attached hydrogens (tertiary/aromatic N) is 3. The molecule has 2 aromatic rings. The Hall–Kier alpha value is -1.69. The van der Waals surface area contributed by atoms with Gasteiger partial charge in [0.25, 0.3) is 0 Å². The van der Waals surface area contributed by atoms with Gasteiger partial charge in [0, 0.05) is 29.1 Å². The Bertz CT molecular complexity index is 606. The van der Waals surface area contributed by atoms with Crippen molar-refractivity contribution in [1.82, 2.24) is 15.0 Å². The van der Waals surface area contributed by atoms with Gasteiger partial charge >= 0.3 is 0 Å². The van der Waals surface area contributed by atoms with Crippen LogP contribution in [0.5, 0.6) is 0 Å². The number of aromatic nitrogens is 3. The maximum atomic E-state index is 4.66. The average molecular weight is 305 g/mol. The van der Waals surface area contributed by atoms with Crippen molar-refractivity contribution in [2.24, 2.45) is 0 Å². The second-order valence-electron chi connectivity index (χ2n) is 5.29. The molecule has 0 aromatic carbocycles. The van der Waals surface area contributed by atoms with Gasteiger partial charge in [-0.1, -0.05) is 13.8 Å². The number of anilines is 2. The molecule has 0 unspecified atom stereocenters. The first-order valence-corrected chi connectivity index (χ1v) is 8.10. The summed E-state index contributed by atoms with van der Waals surface area (Å²) in [5, 5.41) is 7.81. The lowest BCUT2D eigenvalue weighted by Crippen LogP contribution is -2.11. The molecule has 0 saturated heterocycles. The van der Waals surface area contributed by atoms with Crippen LogP contribution in [0.2, 0.25) is 0 Å². The standard InChI is InChI=1S/C15H23N5S/c1-6-16-14-10(4)15(20-13(19-14)9(2)3)18-8-12-7-17-11(5)21-12/h7,9H,6,8H2,1-5H3,(H2,16,18,19,20). The second kappa shape index (κ2) is 6.85. The first-order chi connectivity index (χ1) is 10.0. The normalized spacial score (nSPS) is 11.0. The maximum Gasteiger partial charge on any atom is 0.135 e. The van der Waals surface area contributed by atoms with E-state index in [-0.39, 0.29) is 0 Å². The largest absolute Gasteiger partial charge is 0.370 e. The molecular formula is C15H23N5S. The highest BCUT2D eigenvalue weighted by Gasteiger charge is 2.12. The van der Waals surface area contributed by atoms with Crippen molar-refractivity contribution >= 4 is 23.0 Å². The predicted octanol–water partition coefficient (Wildman–Crippen LogP) is 3.72. The summed E-state index contributed by atoms with van der Waals surface area (Å²) in [7, 11) is 0. The quantitative estimate of drug-likeness (QED) is 0.851. The molecule has 0 aliphatic rings. The fraction of sp³-hybridized carbons (Fsp3) is 0.533. The number of hydrogen-bond acceptors (Lipinski definition) is 6. The monoisotopic (exact) mass is 305 g/mol. The van der Waals surface area contributed by atoms with E-state index in [1.165, 1.54) is 4.88 Å². The molecule has 2 N–H and O–H groups in total. The van der Waals surface area contributed by atoms with Gasteiger partial charge < -0.3 is 10.6 Å². The van der Waals surface area contributed by atoms with Crippen LogP contribution in [0, 0.1) is 13.8 Å². The molecule has 0 fully saturated rings. The smallest absolute Gasteiger partial charge is 0.135 e. The molecule has 114 valence electrons. The third-order valence-electron chi connectivity index (χ3n) is 3.12. The first kappa shape index (κ1) is 15.7. The van der Waals surface area contributed by atoms with Crippen LogP contribution in [0.3, 0.4) is 0 Å². The summed E-state index contributed by atoms with van der Waals surface area (Å²) in [6.07, 6.45) is 1.91. The minimum Gasteiger partial charge on any atom is -0.370 e. The first-order valence-electron chi connectivity index (χ1n) is 7.28. The van der Waals surface area contributed by atoms with Gasteiger partial charge in [-0.3, -0.25) is 0 Å². The fourth-order valence-electron chi connectivity index (χ4n) is 1.96. The molecule has 0 radical (unpaired) electrons. The molecule has 0 spiro atoms. The van der Waals surface area contributed by atoms with Gasteiger partial charge in [0.1, 0.15) is 17.5 Å². The molecule has 0 atom stereocenters. The number of nitrogens with one attached hydrogen (secondary N) is 2. The van der Waals surface area contributed by atoms with Gasteiger partial charge in [-0.05, 0) is 20.8 Å². The molecule has 2 aromatic heterocycles. The number of aryl methyl sites for hydroxylation is 1. The molecule has 2 rings (SSSR count). The van der Waals surface area contributed by atoms with Crippen molar-refractivity contribution in [1.29, 1.82) is 0 Å². The lowest BCUT2D eigenvalue weighted by Gasteiger charge is -2.15. The highest BCUT2D eigenvalue weighted by Crippen LogP contribution is 2.24. The maximum absolute atomic E-state index is 4.66. The molecule has 0 aliphatic carbocycles. The molecule has 2 heterocycles. The Morgan fingerprint density at radius 3 is 2.33 bits per heavy atom. The van der Waals surface area contributed by atoms with E-state index < -0.39 is 0 Å². The van der Waals surface area contributed by atoms with Crippen LogP contribution in [-0.4, -0.2) is 21.5 Å². The van der Waals surface area contributed by atoms with Gasteiger partial charge in [-0.25, -0.2) is 15.0 Å². The van der Waals surface area contributed by atoms with E-state index in [1.54, 1.807) is 11.3 Å². The Morgan fingerprint density at radius 2 is 1.81 bits per heavy atom. The molecule has 6 heteroatoms. The summed E-state index contributed by atoms with van der Waals surface area (Å²) in [5.74, 6) is 2.98. The van der Waals surface area contributed by atoms with Gasteiger partial charge in [-0.15, -0.1) is 11.3 Å². The third kappa shape index (κ3) is 3.91. The summed E-state index contributed by atoms with van der Waals surface area (Å²) in [6, 6.07) is 0. The van der Waals surface area contributed by atoms with E-state index in [2.05, 4.69) is 46.4 Å². The van der Waals surface area contributed by atoms with Crippen molar-refractivity contribution < 1.29 is 0 Å². The van der Waals surface area contributed by atoms with Crippen molar-refractivity contribution in [3.8, 4) is 0 Å². The minimum atomic E-state index is 0.300. The van der Waals surface area contributed by atoms with E-state index in [0.29, 0.717) is 5.92 Å². The molecule has 0 aliphatic heterocycles. The molecule has 0 amide bonds. The number of thiazole rings is 1. The summed E-state index contributed by atoms with van der Waals surface area (Å²) in [6.45, 7) is 11.9. The Balaban J connectivity index is 2.23. The van der Waals surface area contributed by atoms with Crippen molar-refractivity contribution in [3.05, 3.63) is 27.5 Å². The van der Waals surface area contributed by atoms with Crippen LogP contribution in [0.4, 0.5) is 11.6 Å². The van der Waals surface area contributed by atoms with Gasteiger partial charge in [-0.2, -0.15) is 0 Å². The van der Waals surface area contributed by atoms with Crippen molar-refractivity contribution in [2.75, 3.05) is 17.2 Å². The zero-order chi connectivity index (χ0) is 15.4. The summed E-state index contributed by atoms with van der Waals surface area (Å²) < 4.78 is 0. The van der Waals surface area contributed by atoms with E-state index >= 15 is 0 Å². The highest BCUT2D eigenvalue weighted by molar-refractivity contribution is 7.11. The fourth-order valence-corrected chi connectivity index (χ4v) is 2.70. The zero-order valence-electron chi connectivity index (χ0n) is 13.3. The Labute approximate surface area is 130 Å². The van der Waals surface area contributed by atoms with Gasteiger partial charge in [0.2, 0.25) is 0 Å². The number of hydrogen-bond donors (Lipinski definition) is 2. The molecule has 21 heavy (non-hydrogen) atoms. The minimum absolute atomic E-state index is 0.300. The summed E-state index contributed by atoms with van der Waals surface area (Å²) >= 11 is 1.71. The van der Waals surface area contributed by atoms with E-state index in [1.807, 2.05) is 20.0 Å². The molecule has 5 nitrogen and oxygen atoms in total. The topological polar surface area (TPSA) is 62.7 Å². The predicted molar refractivity (Wildman–Crippen MR) is 89.2 cm³/mol. The van der Waals surface area contributed by atoms with Crippen LogP contribution >= 0.6 is 11.3 Å². The van der Waals surface area contributed by atoms with Gasteiger partial charge in [0.15, 0.2) is 0 Å².